The fourth-order valence-electron chi connectivity index (χ4n) is 0.112. The summed E-state index contributed by atoms with van der Waals surface area (Å²) in [5.41, 5.74) is 0. The monoisotopic (exact) mass is 107 g/mol. The zero-order valence-corrected chi connectivity index (χ0v) is 6.19. The van der Waals surface area contributed by atoms with Gasteiger partial charge >= 0.3 is 0 Å². The molecular formula is CH9NOSi2. The Hall–Kier alpha value is 0.354. The van der Waals surface area contributed by atoms with Crippen LogP contribution in [0.2, 0.25) is 6.55 Å². The molecule has 0 saturated heterocycles. The van der Waals surface area contributed by atoms with Crippen LogP contribution in [0, 0.1) is 0 Å². The van der Waals surface area contributed by atoms with Crippen LogP contribution in [-0.4, -0.2) is 24.4 Å². The SMILES string of the molecule is C[SiH2]N[SiH2]O. The molecule has 0 aromatic carbocycles. The van der Waals surface area contributed by atoms with E-state index in [0.717, 1.165) is 0 Å². The summed E-state index contributed by atoms with van der Waals surface area (Å²) in [4.78, 5) is 8.13. The summed E-state index contributed by atoms with van der Waals surface area (Å²) in [6.45, 7) is 2.11. The Bertz CT molecular complexity index is 17.1. The molecule has 4 heteroatoms. The van der Waals surface area contributed by atoms with Gasteiger partial charge in [0, 0.05) is 0 Å². The highest BCUT2D eigenvalue weighted by molar-refractivity contribution is 6.45. The molecule has 0 saturated carbocycles. The fraction of sp³-hybridized carbons (Fsp3) is 1.00. The van der Waals surface area contributed by atoms with E-state index >= 15 is 0 Å². The second kappa shape index (κ2) is 4.35. The van der Waals surface area contributed by atoms with Crippen LogP contribution >= 0.6 is 0 Å². The summed E-state index contributed by atoms with van der Waals surface area (Å²) in [6, 6.07) is 0. The summed E-state index contributed by atoms with van der Waals surface area (Å²) in [5.74, 6) is 0. The molecule has 0 aromatic rings. The van der Waals surface area contributed by atoms with E-state index in [2.05, 4.69) is 11.2 Å². The van der Waals surface area contributed by atoms with Crippen molar-refractivity contribution in [3.05, 3.63) is 0 Å². The lowest BCUT2D eigenvalue weighted by Crippen LogP contribution is -2.20. The molecule has 2 nitrogen and oxygen atoms in total. The van der Waals surface area contributed by atoms with E-state index in [4.69, 9.17) is 4.80 Å². The van der Waals surface area contributed by atoms with Crippen molar-refractivity contribution < 1.29 is 4.80 Å². The highest BCUT2D eigenvalue weighted by Crippen LogP contribution is 1.35. The quantitative estimate of drug-likeness (QED) is 0.389. The Kier molecular flexibility index (Phi) is 4.66. The highest BCUT2D eigenvalue weighted by Gasteiger charge is 1.67. The first-order chi connectivity index (χ1) is 2.41. The second-order valence-electron chi connectivity index (χ2n) is 0.762. The third-order valence-corrected chi connectivity index (χ3v) is 3.26. The van der Waals surface area contributed by atoms with E-state index in [1.807, 2.05) is 0 Å². The Balaban J connectivity index is 2.19. The van der Waals surface area contributed by atoms with Gasteiger partial charge in [0.15, 0.2) is 0 Å². The lowest BCUT2D eigenvalue weighted by Gasteiger charge is -1.83. The molecular weight excluding hydrogens is 98.2 g/mol. The largest absolute Gasteiger partial charge is 0.424 e. The molecule has 32 valence electrons. The topological polar surface area (TPSA) is 32.3 Å². The molecule has 5 heavy (non-hydrogen) atoms. The normalized spacial score (nSPS) is 13.2. The predicted molar refractivity (Wildman–Crippen MR) is 28.3 cm³/mol. The summed E-state index contributed by atoms with van der Waals surface area (Å²) in [6.07, 6.45) is 0. The van der Waals surface area contributed by atoms with E-state index in [1.165, 1.54) is 0 Å². The maximum absolute atomic E-state index is 8.13. The summed E-state index contributed by atoms with van der Waals surface area (Å²) >= 11 is 0. The van der Waals surface area contributed by atoms with Crippen molar-refractivity contribution in [1.29, 1.82) is 0 Å². The summed E-state index contributed by atoms with van der Waals surface area (Å²) in [7, 11) is -0.799. The molecule has 0 amide bonds. The fourth-order valence-corrected chi connectivity index (χ4v) is 1.01. The minimum Gasteiger partial charge on any atom is -0.424 e. The van der Waals surface area contributed by atoms with Crippen molar-refractivity contribution in [2.75, 3.05) is 0 Å². The molecule has 2 N–H and O–H groups in total. The van der Waals surface area contributed by atoms with Crippen LogP contribution in [0.15, 0.2) is 0 Å². The maximum Gasteiger partial charge on any atom is 0.225 e. The molecule has 0 aliphatic heterocycles. The maximum atomic E-state index is 8.13. The van der Waals surface area contributed by atoms with Crippen molar-refractivity contribution in [3.63, 3.8) is 0 Å². The van der Waals surface area contributed by atoms with Crippen LogP contribution in [0.25, 0.3) is 0 Å². The lowest BCUT2D eigenvalue weighted by atomic mass is 11.9. The van der Waals surface area contributed by atoms with Crippen LogP contribution in [0.4, 0.5) is 0 Å². The second-order valence-corrected chi connectivity index (χ2v) is 3.79. The van der Waals surface area contributed by atoms with Gasteiger partial charge in [0.05, 0.1) is 9.68 Å². The number of hydrogen-bond donors (Lipinski definition) is 2. The third kappa shape index (κ3) is 4.35. The van der Waals surface area contributed by atoms with Crippen molar-refractivity contribution in [2.45, 2.75) is 6.55 Å². The molecule has 0 heterocycles. The summed E-state index contributed by atoms with van der Waals surface area (Å²) < 4.78 is 2.94. The number of hydrogen-bond acceptors (Lipinski definition) is 2. The molecule has 0 aliphatic carbocycles. The molecule has 0 aliphatic rings. The zero-order chi connectivity index (χ0) is 4.12. The van der Waals surface area contributed by atoms with E-state index in [9.17, 15) is 0 Å². The molecule has 0 aromatic heterocycles. The van der Waals surface area contributed by atoms with Gasteiger partial charge in [-0.15, -0.1) is 0 Å². The highest BCUT2D eigenvalue weighted by atomic mass is 28.3. The van der Waals surface area contributed by atoms with E-state index in [0.29, 0.717) is 0 Å². The zero-order valence-electron chi connectivity index (χ0n) is 3.36. The van der Waals surface area contributed by atoms with Crippen molar-refractivity contribution >= 4 is 19.6 Å². The smallest absolute Gasteiger partial charge is 0.225 e. The van der Waals surface area contributed by atoms with Crippen LogP contribution in [0.3, 0.4) is 0 Å². The van der Waals surface area contributed by atoms with Gasteiger partial charge in [-0.3, -0.25) is 0 Å². The number of rotatable bonds is 2. The molecule has 0 fully saturated rings. The first-order valence-electron chi connectivity index (χ1n) is 1.73. The molecule has 0 radical (unpaired) electrons. The first-order valence-corrected chi connectivity index (χ1v) is 5.19. The van der Waals surface area contributed by atoms with Gasteiger partial charge in [0.25, 0.3) is 0 Å². The van der Waals surface area contributed by atoms with Gasteiger partial charge in [0.2, 0.25) is 9.92 Å². The predicted octanol–water partition coefficient (Wildman–Crippen LogP) is -2.30. The van der Waals surface area contributed by atoms with Gasteiger partial charge in [-0.05, 0) is 0 Å². The van der Waals surface area contributed by atoms with Gasteiger partial charge < -0.3 is 9.44 Å². The van der Waals surface area contributed by atoms with Gasteiger partial charge in [-0.25, -0.2) is 0 Å². The van der Waals surface area contributed by atoms with Gasteiger partial charge in [0.1, 0.15) is 0 Å². The molecule has 0 atom stereocenters. The molecule has 0 rings (SSSR count). The Morgan fingerprint density at radius 3 is 2.40 bits per heavy atom. The van der Waals surface area contributed by atoms with Crippen LogP contribution in [0.5, 0.6) is 0 Å². The molecule has 0 bridgehead atoms. The van der Waals surface area contributed by atoms with E-state index < -0.39 is 9.92 Å². The van der Waals surface area contributed by atoms with Crippen LogP contribution in [-0.2, 0) is 0 Å². The number of nitrogens with one attached hydrogen (secondary N) is 1. The Morgan fingerprint density at radius 2 is 2.40 bits per heavy atom. The van der Waals surface area contributed by atoms with Crippen LogP contribution < -0.4 is 4.65 Å². The first kappa shape index (κ1) is 5.35. The molecule has 0 unspecified atom stereocenters. The average Bonchev–Trinajstić information content (AvgIpc) is 1.41. The van der Waals surface area contributed by atoms with Gasteiger partial charge in [-0.2, -0.15) is 0 Å². The minimum atomic E-state index is -0.774. The van der Waals surface area contributed by atoms with Crippen molar-refractivity contribution in [1.82, 2.24) is 4.65 Å². The van der Waals surface area contributed by atoms with Crippen molar-refractivity contribution in [3.8, 4) is 0 Å². The van der Waals surface area contributed by atoms with Crippen molar-refractivity contribution in [2.24, 2.45) is 0 Å². The lowest BCUT2D eigenvalue weighted by molar-refractivity contribution is 0.598. The summed E-state index contributed by atoms with van der Waals surface area (Å²) in [5, 5.41) is 0. The van der Waals surface area contributed by atoms with E-state index in [-0.39, 0.29) is 9.68 Å². The standard InChI is InChI=1S/CH9NOSi2/c1-4-2-5-3/h2-3H,4-5H2,1H3. The Labute approximate surface area is 36.5 Å². The Morgan fingerprint density at radius 1 is 1.80 bits per heavy atom. The average molecular weight is 107 g/mol. The third-order valence-electron chi connectivity index (χ3n) is 0.362. The minimum absolute atomic E-state index is 0.0243. The van der Waals surface area contributed by atoms with E-state index in [1.54, 1.807) is 0 Å². The van der Waals surface area contributed by atoms with Crippen LogP contribution in [0.1, 0.15) is 0 Å². The van der Waals surface area contributed by atoms with Gasteiger partial charge in [-0.1, -0.05) is 6.55 Å². The molecule has 0 spiro atoms.